The Morgan fingerprint density at radius 2 is 2.15 bits per heavy atom. The average Bonchev–Trinajstić information content (AvgIpc) is 3.14. The number of imidazole rings is 1. The van der Waals surface area contributed by atoms with Crippen molar-refractivity contribution in [3.8, 4) is 0 Å². The zero-order valence-corrected chi connectivity index (χ0v) is 12.1. The normalized spacial score (nSPS) is 27.9. The van der Waals surface area contributed by atoms with Crippen LogP contribution in [0.5, 0.6) is 0 Å². The number of rotatable bonds is 2. The predicted octanol–water partition coefficient (Wildman–Crippen LogP) is 2.64. The standard InChI is InChI=1S/C15H18N4S/c20-15(17-13-8-10-5-6-11(13)7-10)18-19-9-16-12-3-1-2-4-14(12)19/h1-4,9-11,13H,5-8H2,(H2,17,18,20)/t10-,11-,13+/m0/s1. The highest BCUT2D eigenvalue weighted by Gasteiger charge is 2.39. The Balaban J connectivity index is 1.45. The molecule has 0 radical (unpaired) electrons. The highest BCUT2D eigenvalue weighted by molar-refractivity contribution is 7.80. The molecule has 0 aliphatic heterocycles. The van der Waals surface area contributed by atoms with E-state index in [0.29, 0.717) is 11.2 Å². The SMILES string of the molecule is S=C(N[C@@H]1C[C@H]2CC[C@H]1C2)Nn1cnc2ccccc21. The summed E-state index contributed by atoms with van der Waals surface area (Å²) in [6.07, 6.45) is 7.21. The maximum absolute atomic E-state index is 5.45. The van der Waals surface area contributed by atoms with Crippen molar-refractivity contribution in [2.45, 2.75) is 31.7 Å². The fourth-order valence-corrected chi connectivity index (χ4v) is 4.03. The van der Waals surface area contributed by atoms with Gasteiger partial charge in [0.05, 0.1) is 11.0 Å². The molecule has 2 N–H and O–H groups in total. The molecule has 1 aromatic heterocycles. The molecule has 4 rings (SSSR count). The van der Waals surface area contributed by atoms with Gasteiger partial charge in [0.2, 0.25) is 0 Å². The van der Waals surface area contributed by atoms with Gasteiger partial charge in [-0.2, -0.15) is 0 Å². The Labute approximate surface area is 123 Å². The molecular weight excluding hydrogens is 268 g/mol. The molecule has 2 aliphatic rings. The average molecular weight is 286 g/mol. The number of thiocarbonyl (C=S) groups is 1. The van der Waals surface area contributed by atoms with Gasteiger partial charge in [0, 0.05) is 6.04 Å². The van der Waals surface area contributed by atoms with Crippen LogP contribution in [0.15, 0.2) is 30.6 Å². The predicted molar refractivity (Wildman–Crippen MR) is 84.1 cm³/mol. The van der Waals surface area contributed by atoms with E-state index in [1.807, 2.05) is 28.9 Å². The molecule has 1 heterocycles. The fraction of sp³-hybridized carbons (Fsp3) is 0.467. The maximum Gasteiger partial charge on any atom is 0.185 e. The first kappa shape index (κ1) is 12.1. The molecule has 2 saturated carbocycles. The lowest BCUT2D eigenvalue weighted by Crippen LogP contribution is -2.43. The van der Waals surface area contributed by atoms with Gasteiger partial charge in [-0.25, -0.2) is 9.66 Å². The molecule has 2 bridgehead atoms. The lowest BCUT2D eigenvalue weighted by atomic mass is 9.96. The second-order valence-electron chi connectivity index (χ2n) is 5.97. The molecule has 2 aromatic rings. The summed E-state index contributed by atoms with van der Waals surface area (Å²) >= 11 is 5.45. The summed E-state index contributed by atoms with van der Waals surface area (Å²) in [5.41, 5.74) is 5.25. The Morgan fingerprint density at radius 3 is 2.95 bits per heavy atom. The third-order valence-electron chi connectivity index (χ3n) is 4.73. The Morgan fingerprint density at radius 1 is 1.25 bits per heavy atom. The van der Waals surface area contributed by atoms with Crippen LogP contribution in [-0.2, 0) is 0 Å². The molecule has 104 valence electrons. The molecule has 1 aromatic carbocycles. The van der Waals surface area contributed by atoms with Crippen molar-refractivity contribution in [2.75, 3.05) is 5.43 Å². The quantitative estimate of drug-likeness (QED) is 0.833. The van der Waals surface area contributed by atoms with Gasteiger partial charge in [0.25, 0.3) is 0 Å². The van der Waals surface area contributed by atoms with Crippen LogP contribution in [0, 0.1) is 11.8 Å². The highest BCUT2D eigenvalue weighted by atomic mass is 32.1. The van der Waals surface area contributed by atoms with E-state index in [-0.39, 0.29) is 0 Å². The number of aromatic nitrogens is 2. The smallest absolute Gasteiger partial charge is 0.185 e. The van der Waals surface area contributed by atoms with E-state index in [1.54, 1.807) is 6.33 Å². The van der Waals surface area contributed by atoms with Crippen LogP contribution in [0.2, 0.25) is 0 Å². The van der Waals surface area contributed by atoms with Gasteiger partial charge < -0.3 is 5.32 Å². The summed E-state index contributed by atoms with van der Waals surface area (Å²) in [6.45, 7) is 0. The second kappa shape index (κ2) is 4.74. The number of nitrogens with zero attached hydrogens (tertiary/aromatic N) is 2. The molecule has 5 heteroatoms. The molecule has 2 aliphatic carbocycles. The molecular formula is C15H18N4S. The van der Waals surface area contributed by atoms with Crippen LogP contribution in [-0.4, -0.2) is 20.8 Å². The maximum atomic E-state index is 5.45. The van der Waals surface area contributed by atoms with Gasteiger partial charge in [-0.15, -0.1) is 0 Å². The molecule has 2 fully saturated rings. The Kier molecular flexibility index (Phi) is 2.88. The third-order valence-corrected chi connectivity index (χ3v) is 4.94. The van der Waals surface area contributed by atoms with Crippen LogP contribution >= 0.6 is 12.2 Å². The van der Waals surface area contributed by atoms with E-state index < -0.39 is 0 Å². The largest absolute Gasteiger partial charge is 0.358 e. The van der Waals surface area contributed by atoms with Crippen molar-refractivity contribution >= 4 is 28.4 Å². The number of benzene rings is 1. The van der Waals surface area contributed by atoms with E-state index in [1.165, 1.54) is 25.7 Å². The van der Waals surface area contributed by atoms with Gasteiger partial charge in [0.1, 0.15) is 6.33 Å². The zero-order valence-electron chi connectivity index (χ0n) is 11.2. The van der Waals surface area contributed by atoms with E-state index >= 15 is 0 Å². The van der Waals surface area contributed by atoms with Gasteiger partial charge in [-0.3, -0.25) is 5.43 Å². The first-order valence-corrected chi connectivity index (χ1v) is 7.70. The number of nitrogens with one attached hydrogen (secondary N) is 2. The van der Waals surface area contributed by atoms with E-state index in [2.05, 4.69) is 15.7 Å². The summed E-state index contributed by atoms with van der Waals surface area (Å²) < 4.78 is 1.89. The number of hydrogen-bond acceptors (Lipinski definition) is 2. The lowest BCUT2D eigenvalue weighted by molar-refractivity contribution is 0.391. The summed E-state index contributed by atoms with van der Waals surface area (Å²) in [4.78, 5) is 4.35. The first-order chi connectivity index (χ1) is 9.79. The topological polar surface area (TPSA) is 41.9 Å². The number of fused-ring (bicyclic) bond motifs is 3. The molecule has 0 saturated heterocycles. The molecule has 3 atom stereocenters. The van der Waals surface area contributed by atoms with Crippen LogP contribution in [0.1, 0.15) is 25.7 Å². The second-order valence-corrected chi connectivity index (χ2v) is 6.38. The lowest BCUT2D eigenvalue weighted by Gasteiger charge is -2.24. The highest BCUT2D eigenvalue weighted by Crippen LogP contribution is 2.44. The van der Waals surface area contributed by atoms with Crippen LogP contribution in [0.25, 0.3) is 11.0 Å². The zero-order chi connectivity index (χ0) is 13.5. The monoisotopic (exact) mass is 286 g/mol. The van der Waals surface area contributed by atoms with Crippen LogP contribution < -0.4 is 10.7 Å². The minimum Gasteiger partial charge on any atom is -0.358 e. The van der Waals surface area contributed by atoms with Crippen molar-refractivity contribution in [3.05, 3.63) is 30.6 Å². The van der Waals surface area contributed by atoms with Crippen LogP contribution in [0.3, 0.4) is 0 Å². The van der Waals surface area contributed by atoms with Crippen molar-refractivity contribution in [1.82, 2.24) is 15.0 Å². The summed E-state index contributed by atoms with van der Waals surface area (Å²) in [7, 11) is 0. The molecule has 0 unspecified atom stereocenters. The molecule has 0 spiro atoms. The van der Waals surface area contributed by atoms with Gasteiger partial charge in [-0.05, 0) is 55.4 Å². The Bertz CT molecular complexity index is 650. The minimum atomic E-state index is 0.559. The first-order valence-electron chi connectivity index (χ1n) is 7.29. The number of para-hydroxylation sites is 2. The fourth-order valence-electron chi connectivity index (χ4n) is 3.78. The summed E-state index contributed by atoms with van der Waals surface area (Å²) in [5.74, 6) is 1.74. The molecule has 20 heavy (non-hydrogen) atoms. The molecule has 0 amide bonds. The molecule has 4 nitrogen and oxygen atoms in total. The number of hydrogen-bond donors (Lipinski definition) is 2. The third kappa shape index (κ3) is 2.06. The van der Waals surface area contributed by atoms with Gasteiger partial charge >= 0.3 is 0 Å². The van der Waals surface area contributed by atoms with Crippen molar-refractivity contribution < 1.29 is 0 Å². The van der Waals surface area contributed by atoms with Crippen LogP contribution in [0.4, 0.5) is 0 Å². The van der Waals surface area contributed by atoms with Crippen molar-refractivity contribution in [3.63, 3.8) is 0 Å². The summed E-state index contributed by atoms with van der Waals surface area (Å²) in [6, 6.07) is 8.60. The Hall–Kier alpha value is -1.62. The van der Waals surface area contributed by atoms with Gasteiger partial charge in [-0.1, -0.05) is 18.6 Å². The van der Waals surface area contributed by atoms with Crippen molar-refractivity contribution in [1.29, 1.82) is 0 Å². The van der Waals surface area contributed by atoms with Crippen molar-refractivity contribution in [2.24, 2.45) is 11.8 Å². The van der Waals surface area contributed by atoms with E-state index in [9.17, 15) is 0 Å². The minimum absolute atomic E-state index is 0.559. The van der Waals surface area contributed by atoms with Gasteiger partial charge in [0.15, 0.2) is 5.11 Å². The van der Waals surface area contributed by atoms with E-state index in [0.717, 1.165) is 22.9 Å². The van der Waals surface area contributed by atoms with E-state index in [4.69, 9.17) is 12.2 Å². The summed E-state index contributed by atoms with van der Waals surface area (Å²) in [5, 5.41) is 4.18.